The molecule has 1 N–H and O–H groups in total. The summed E-state index contributed by atoms with van der Waals surface area (Å²) in [6, 6.07) is 4.72. The van der Waals surface area contributed by atoms with Gasteiger partial charge in [0.15, 0.2) is 0 Å². The Morgan fingerprint density at radius 2 is 1.70 bits per heavy atom. The second kappa shape index (κ2) is 4.81. The summed E-state index contributed by atoms with van der Waals surface area (Å²) >= 11 is 11.8. The Morgan fingerprint density at radius 3 is 2.22 bits per heavy atom. The van der Waals surface area contributed by atoms with E-state index in [-0.39, 0.29) is 0 Å². The third kappa shape index (κ3) is 1.82. The second-order valence-electron chi connectivity index (χ2n) is 7.10. The SMILES string of the molecule is CC1(C)[C@@]2(C(=O)Nc3ccc(Cl)c(Cl)c3)CC[C@@]1(C)C(=O)C2=O. The van der Waals surface area contributed by atoms with E-state index in [1.54, 1.807) is 19.1 Å². The first-order chi connectivity index (χ1) is 10.6. The maximum Gasteiger partial charge on any atom is 0.239 e. The molecule has 2 fully saturated rings. The minimum atomic E-state index is -1.31. The summed E-state index contributed by atoms with van der Waals surface area (Å²) in [6.45, 7) is 5.45. The highest BCUT2D eigenvalue weighted by Gasteiger charge is 2.77. The molecule has 0 saturated heterocycles. The van der Waals surface area contributed by atoms with Crippen molar-refractivity contribution in [1.82, 2.24) is 0 Å². The molecule has 0 radical (unpaired) electrons. The van der Waals surface area contributed by atoms with Gasteiger partial charge in [-0.3, -0.25) is 14.4 Å². The number of amides is 1. The van der Waals surface area contributed by atoms with Crippen molar-refractivity contribution in [2.24, 2.45) is 16.2 Å². The largest absolute Gasteiger partial charge is 0.325 e. The van der Waals surface area contributed by atoms with Crippen LogP contribution < -0.4 is 5.32 Å². The summed E-state index contributed by atoms with van der Waals surface area (Å²) in [5.41, 5.74) is -2.37. The normalized spacial score (nSPS) is 31.5. The van der Waals surface area contributed by atoms with Crippen LogP contribution in [-0.2, 0) is 14.4 Å². The fraction of sp³-hybridized carbons (Fsp3) is 0.471. The summed E-state index contributed by atoms with van der Waals surface area (Å²) in [4.78, 5) is 37.9. The molecule has 2 atom stereocenters. The van der Waals surface area contributed by atoms with Gasteiger partial charge in [0.1, 0.15) is 5.41 Å². The summed E-state index contributed by atoms with van der Waals surface area (Å²) in [6.07, 6.45) is 0.924. The van der Waals surface area contributed by atoms with E-state index in [1.807, 2.05) is 13.8 Å². The molecule has 2 aliphatic carbocycles. The van der Waals surface area contributed by atoms with Gasteiger partial charge in [-0.15, -0.1) is 0 Å². The molecule has 2 bridgehead atoms. The summed E-state index contributed by atoms with van der Waals surface area (Å²) in [7, 11) is 0. The monoisotopic (exact) mass is 353 g/mol. The van der Waals surface area contributed by atoms with Gasteiger partial charge in [-0.25, -0.2) is 0 Å². The molecule has 0 heterocycles. The molecule has 2 saturated carbocycles. The van der Waals surface area contributed by atoms with Crippen LogP contribution in [0.15, 0.2) is 18.2 Å². The third-order valence-electron chi connectivity index (χ3n) is 6.11. The van der Waals surface area contributed by atoms with Crippen molar-refractivity contribution < 1.29 is 14.4 Å². The number of carbonyl (C=O) groups is 3. The highest BCUT2D eigenvalue weighted by atomic mass is 35.5. The highest BCUT2D eigenvalue weighted by molar-refractivity contribution is 6.49. The molecule has 1 amide bonds. The van der Waals surface area contributed by atoms with E-state index in [4.69, 9.17) is 23.2 Å². The van der Waals surface area contributed by atoms with Gasteiger partial charge in [0.05, 0.1) is 10.0 Å². The van der Waals surface area contributed by atoms with Crippen LogP contribution in [0.3, 0.4) is 0 Å². The molecule has 0 aliphatic heterocycles. The number of fused-ring (bicyclic) bond motifs is 2. The number of hydrogen-bond donors (Lipinski definition) is 1. The van der Waals surface area contributed by atoms with Crippen LogP contribution in [0.2, 0.25) is 10.0 Å². The standard InChI is InChI=1S/C17H17Cl2NO3/c1-15(2)16(3)6-7-17(15,13(22)12(16)21)14(23)20-9-4-5-10(18)11(19)8-9/h4-5,8H,6-7H2,1-3H3,(H,20,23)/t16-,17-/m0/s1. The number of rotatable bonds is 2. The number of nitrogens with one attached hydrogen (secondary N) is 1. The predicted molar refractivity (Wildman–Crippen MR) is 88.7 cm³/mol. The zero-order valence-corrected chi connectivity index (χ0v) is 14.6. The lowest BCUT2D eigenvalue weighted by Crippen LogP contribution is -2.47. The van der Waals surface area contributed by atoms with E-state index in [2.05, 4.69) is 5.32 Å². The zero-order chi connectivity index (χ0) is 17.2. The molecule has 1 aromatic rings. The fourth-order valence-corrected chi connectivity index (χ4v) is 4.38. The van der Waals surface area contributed by atoms with Crippen LogP contribution >= 0.6 is 23.2 Å². The number of benzene rings is 1. The van der Waals surface area contributed by atoms with Gasteiger partial charge in [0, 0.05) is 11.1 Å². The molecule has 3 rings (SSSR count). The van der Waals surface area contributed by atoms with Crippen LogP contribution in [0.5, 0.6) is 0 Å². The Labute approximate surface area is 144 Å². The average molecular weight is 354 g/mol. The Bertz CT molecular complexity index is 758. The maximum absolute atomic E-state index is 12.9. The van der Waals surface area contributed by atoms with Crippen molar-refractivity contribution in [1.29, 1.82) is 0 Å². The average Bonchev–Trinajstić information content (AvgIpc) is 2.75. The quantitative estimate of drug-likeness (QED) is 0.647. The first-order valence-corrected chi connectivity index (χ1v) is 8.19. The van der Waals surface area contributed by atoms with E-state index in [0.717, 1.165) is 0 Å². The molecule has 122 valence electrons. The first-order valence-electron chi connectivity index (χ1n) is 7.44. The highest BCUT2D eigenvalue weighted by Crippen LogP contribution is 2.69. The number of anilines is 1. The number of hydrogen-bond acceptors (Lipinski definition) is 3. The van der Waals surface area contributed by atoms with Crippen LogP contribution in [0.1, 0.15) is 33.6 Å². The Kier molecular flexibility index (Phi) is 3.44. The molecule has 0 aromatic heterocycles. The summed E-state index contributed by atoms with van der Waals surface area (Å²) in [5.74, 6) is -1.45. The number of carbonyl (C=O) groups excluding carboxylic acids is 3. The molecular weight excluding hydrogens is 337 g/mol. The Morgan fingerprint density at radius 1 is 1.04 bits per heavy atom. The minimum Gasteiger partial charge on any atom is -0.325 e. The number of Topliss-reactive ketones (excluding diaryl/α,β-unsaturated/α-hetero) is 2. The molecular formula is C17H17Cl2NO3. The number of halogens is 2. The van der Waals surface area contributed by atoms with Gasteiger partial charge < -0.3 is 5.32 Å². The van der Waals surface area contributed by atoms with Crippen LogP contribution in [-0.4, -0.2) is 17.5 Å². The van der Waals surface area contributed by atoms with Crippen LogP contribution in [0, 0.1) is 16.2 Å². The molecule has 2 aliphatic rings. The van der Waals surface area contributed by atoms with Crippen molar-refractivity contribution >= 4 is 46.4 Å². The van der Waals surface area contributed by atoms with Crippen molar-refractivity contribution in [3.05, 3.63) is 28.2 Å². The molecule has 6 heteroatoms. The minimum absolute atomic E-state index is 0.311. The molecule has 23 heavy (non-hydrogen) atoms. The van der Waals surface area contributed by atoms with Gasteiger partial charge in [0.25, 0.3) is 0 Å². The van der Waals surface area contributed by atoms with Crippen LogP contribution in [0.25, 0.3) is 0 Å². The van der Waals surface area contributed by atoms with Crippen molar-refractivity contribution in [2.45, 2.75) is 33.6 Å². The third-order valence-corrected chi connectivity index (χ3v) is 6.85. The fourth-order valence-electron chi connectivity index (χ4n) is 4.08. The second-order valence-corrected chi connectivity index (χ2v) is 7.92. The summed E-state index contributed by atoms with van der Waals surface area (Å²) < 4.78 is 0. The van der Waals surface area contributed by atoms with Gasteiger partial charge in [-0.2, -0.15) is 0 Å². The van der Waals surface area contributed by atoms with Gasteiger partial charge in [-0.05, 0) is 36.5 Å². The lowest BCUT2D eigenvalue weighted by atomic mass is 9.64. The number of ketones is 2. The van der Waals surface area contributed by atoms with E-state index < -0.39 is 33.7 Å². The van der Waals surface area contributed by atoms with Crippen molar-refractivity contribution in [2.75, 3.05) is 5.32 Å². The zero-order valence-electron chi connectivity index (χ0n) is 13.1. The summed E-state index contributed by atoms with van der Waals surface area (Å²) in [5, 5.41) is 3.43. The van der Waals surface area contributed by atoms with Crippen molar-refractivity contribution in [3.8, 4) is 0 Å². The van der Waals surface area contributed by atoms with E-state index in [9.17, 15) is 14.4 Å². The van der Waals surface area contributed by atoms with Gasteiger partial charge in [-0.1, -0.05) is 44.0 Å². The molecule has 4 nitrogen and oxygen atoms in total. The lowest BCUT2D eigenvalue weighted by Gasteiger charge is -2.37. The van der Waals surface area contributed by atoms with E-state index >= 15 is 0 Å². The smallest absolute Gasteiger partial charge is 0.239 e. The van der Waals surface area contributed by atoms with Gasteiger partial charge in [0.2, 0.25) is 17.5 Å². The van der Waals surface area contributed by atoms with Crippen molar-refractivity contribution in [3.63, 3.8) is 0 Å². The lowest BCUT2D eigenvalue weighted by molar-refractivity contribution is -0.147. The molecule has 0 spiro atoms. The predicted octanol–water partition coefficient (Wildman–Crippen LogP) is 3.90. The van der Waals surface area contributed by atoms with E-state index in [0.29, 0.717) is 28.6 Å². The molecule has 0 unspecified atom stereocenters. The Balaban J connectivity index is 2.00. The topological polar surface area (TPSA) is 63.2 Å². The Hall–Kier alpha value is -1.39. The van der Waals surface area contributed by atoms with Crippen LogP contribution in [0.4, 0.5) is 5.69 Å². The molecule has 1 aromatic carbocycles. The first kappa shape index (κ1) is 16.5. The maximum atomic E-state index is 12.9. The van der Waals surface area contributed by atoms with Gasteiger partial charge >= 0.3 is 0 Å². The van der Waals surface area contributed by atoms with E-state index in [1.165, 1.54) is 6.07 Å².